The van der Waals surface area contributed by atoms with Gasteiger partial charge in [-0.1, -0.05) is 41.9 Å². The molecule has 0 bridgehead atoms. The predicted molar refractivity (Wildman–Crippen MR) is 70.6 cm³/mol. The summed E-state index contributed by atoms with van der Waals surface area (Å²) >= 11 is 6.14. The Morgan fingerprint density at radius 1 is 1.12 bits per heavy atom. The quantitative estimate of drug-likeness (QED) is 0.728. The fourth-order valence-corrected chi connectivity index (χ4v) is 2.45. The van der Waals surface area contributed by atoms with Crippen molar-refractivity contribution in [1.82, 2.24) is 0 Å². The van der Waals surface area contributed by atoms with Gasteiger partial charge in [-0.3, -0.25) is 4.79 Å². The van der Waals surface area contributed by atoms with Crippen molar-refractivity contribution in [1.29, 1.82) is 0 Å². The number of carbonyl (C=O) groups excluding carboxylic acids is 1. The number of ketones is 1. The summed E-state index contributed by atoms with van der Waals surface area (Å²) in [5.74, 6) is 0.873. The van der Waals surface area contributed by atoms with Gasteiger partial charge in [0.2, 0.25) is 0 Å². The molecule has 3 rings (SSSR count). The maximum Gasteiger partial charge on any atom is 0.163 e. The first-order valence-electron chi connectivity index (χ1n) is 5.96. The molecule has 86 valence electrons. The highest BCUT2D eigenvalue weighted by Crippen LogP contribution is 2.35. The van der Waals surface area contributed by atoms with Gasteiger partial charge in [0.05, 0.1) is 0 Å². The van der Waals surface area contributed by atoms with Gasteiger partial charge in [0, 0.05) is 22.4 Å². The molecule has 0 aliphatic heterocycles. The molecule has 1 aliphatic carbocycles. The van der Waals surface area contributed by atoms with Crippen LogP contribution in [-0.4, -0.2) is 5.78 Å². The molecular weight excluding hydrogens is 232 g/mol. The van der Waals surface area contributed by atoms with E-state index in [0.29, 0.717) is 17.4 Å². The Kier molecular flexibility index (Phi) is 2.64. The average Bonchev–Trinajstić information content (AvgIpc) is 3.13. The first kappa shape index (κ1) is 10.8. The molecule has 1 saturated carbocycles. The highest BCUT2D eigenvalue weighted by Gasteiger charge is 2.25. The second-order valence-electron chi connectivity index (χ2n) is 4.71. The van der Waals surface area contributed by atoms with E-state index in [1.54, 1.807) is 0 Å². The summed E-state index contributed by atoms with van der Waals surface area (Å²) in [5.41, 5.74) is 0.817. The zero-order chi connectivity index (χ0) is 11.8. The first-order chi connectivity index (χ1) is 8.25. The van der Waals surface area contributed by atoms with E-state index in [1.807, 2.05) is 36.4 Å². The molecule has 2 aromatic rings. The molecule has 1 fully saturated rings. The van der Waals surface area contributed by atoms with Crippen molar-refractivity contribution < 1.29 is 4.79 Å². The van der Waals surface area contributed by atoms with Gasteiger partial charge in [0.25, 0.3) is 0 Å². The number of carbonyl (C=O) groups is 1. The molecule has 0 saturated heterocycles. The number of benzene rings is 2. The number of fused-ring (bicyclic) bond motifs is 1. The van der Waals surface area contributed by atoms with Crippen molar-refractivity contribution in [2.24, 2.45) is 5.92 Å². The van der Waals surface area contributed by atoms with E-state index in [4.69, 9.17) is 11.6 Å². The van der Waals surface area contributed by atoms with Gasteiger partial charge in [0.1, 0.15) is 0 Å². The normalized spacial score (nSPS) is 15.1. The summed E-state index contributed by atoms with van der Waals surface area (Å²) in [5, 5.41) is 2.66. The van der Waals surface area contributed by atoms with Gasteiger partial charge in [-0.15, -0.1) is 0 Å². The first-order valence-corrected chi connectivity index (χ1v) is 6.34. The molecule has 1 aliphatic rings. The van der Waals surface area contributed by atoms with Crippen LogP contribution in [-0.2, 0) is 0 Å². The smallest absolute Gasteiger partial charge is 0.163 e. The second-order valence-corrected chi connectivity index (χ2v) is 5.12. The van der Waals surface area contributed by atoms with E-state index < -0.39 is 0 Å². The molecule has 0 aromatic heterocycles. The summed E-state index contributed by atoms with van der Waals surface area (Å²) < 4.78 is 0. The zero-order valence-corrected chi connectivity index (χ0v) is 10.2. The van der Waals surface area contributed by atoms with Crippen LogP contribution in [0.3, 0.4) is 0 Å². The lowest BCUT2D eigenvalue weighted by molar-refractivity contribution is 0.0977. The molecular formula is C15H13ClO. The maximum atomic E-state index is 12.2. The van der Waals surface area contributed by atoms with Gasteiger partial charge in [0.15, 0.2) is 5.78 Å². The van der Waals surface area contributed by atoms with E-state index >= 15 is 0 Å². The Morgan fingerprint density at radius 2 is 1.82 bits per heavy atom. The molecule has 2 heteroatoms. The van der Waals surface area contributed by atoms with Crippen LogP contribution < -0.4 is 0 Å². The summed E-state index contributed by atoms with van der Waals surface area (Å²) in [7, 11) is 0. The lowest BCUT2D eigenvalue weighted by Gasteiger charge is -2.06. The molecule has 2 aromatic carbocycles. The minimum Gasteiger partial charge on any atom is -0.294 e. The van der Waals surface area contributed by atoms with Crippen LogP contribution in [0.5, 0.6) is 0 Å². The Balaban J connectivity index is 2.09. The Bertz CT molecular complexity index is 584. The molecule has 0 amide bonds. The monoisotopic (exact) mass is 244 g/mol. The van der Waals surface area contributed by atoms with E-state index in [1.165, 1.54) is 12.8 Å². The van der Waals surface area contributed by atoms with Crippen molar-refractivity contribution in [2.45, 2.75) is 19.3 Å². The zero-order valence-electron chi connectivity index (χ0n) is 9.45. The molecule has 0 atom stereocenters. The molecule has 0 radical (unpaired) electrons. The summed E-state index contributed by atoms with van der Waals surface area (Å²) in [4.78, 5) is 12.2. The molecule has 1 nitrogen and oxygen atoms in total. The van der Waals surface area contributed by atoms with Gasteiger partial charge >= 0.3 is 0 Å². The Morgan fingerprint density at radius 3 is 2.59 bits per heavy atom. The van der Waals surface area contributed by atoms with Crippen LogP contribution in [0.1, 0.15) is 29.6 Å². The largest absolute Gasteiger partial charge is 0.294 e. The SMILES string of the molecule is O=C(CC1CC1)c1cccc2c(Cl)cccc12. The molecule has 0 unspecified atom stereocenters. The number of hydrogen-bond donors (Lipinski definition) is 0. The summed E-state index contributed by atoms with van der Waals surface area (Å²) in [6.07, 6.45) is 3.10. The fraction of sp³-hybridized carbons (Fsp3) is 0.267. The number of rotatable bonds is 3. The highest BCUT2D eigenvalue weighted by atomic mass is 35.5. The van der Waals surface area contributed by atoms with Crippen molar-refractivity contribution in [3.63, 3.8) is 0 Å². The maximum absolute atomic E-state index is 12.2. The van der Waals surface area contributed by atoms with Crippen LogP contribution in [0.4, 0.5) is 0 Å². The third kappa shape index (κ3) is 2.07. The van der Waals surface area contributed by atoms with Crippen LogP contribution in [0.2, 0.25) is 5.02 Å². The van der Waals surface area contributed by atoms with Gasteiger partial charge < -0.3 is 0 Å². The van der Waals surface area contributed by atoms with Crippen LogP contribution in [0.15, 0.2) is 36.4 Å². The lowest BCUT2D eigenvalue weighted by Crippen LogP contribution is -2.00. The molecule has 0 heterocycles. The standard InChI is InChI=1S/C15H13ClO/c16-14-6-2-3-11-12(14)4-1-5-13(11)15(17)9-10-7-8-10/h1-6,10H,7-9H2. The minimum absolute atomic E-state index is 0.250. The van der Waals surface area contributed by atoms with Gasteiger partial charge in [-0.2, -0.15) is 0 Å². The number of hydrogen-bond acceptors (Lipinski definition) is 1. The predicted octanol–water partition coefficient (Wildman–Crippen LogP) is 4.48. The third-order valence-electron chi connectivity index (χ3n) is 3.34. The van der Waals surface area contributed by atoms with E-state index in [0.717, 1.165) is 16.3 Å². The lowest BCUT2D eigenvalue weighted by atomic mass is 9.99. The van der Waals surface area contributed by atoms with Crippen LogP contribution in [0.25, 0.3) is 10.8 Å². The van der Waals surface area contributed by atoms with Crippen molar-refractivity contribution in [3.05, 3.63) is 47.0 Å². The Hall–Kier alpha value is -1.34. The van der Waals surface area contributed by atoms with Crippen LogP contribution in [0, 0.1) is 5.92 Å². The highest BCUT2D eigenvalue weighted by molar-refractivity contribution is 6.36. The fourth-order valence-electron chi connectivity index (χ4n) is 2.21. The number of halogens is 1. The molecule has 0 N–H and O–H groups in total. The molecule has 17 heavy (non-hydrogen) atoms. The number of Topliss-reactive ketones (excluding diaryl/α,β-unsaturated/α-hetero) is 1. The summed E-state index contributed by atoms with van der Waals surface area (Å²) in [6, 6.07) is 11.5. The van der Waals surface area contributed by atoms with E-state index in [-0.39, 0.29) is 5.78 Å². The Labute approximate surface area is 105 Å². The average molecular weight is 245 g/mol. The minimum atomic E-state index is 0.250. The molecule has 0 spiro atoms. The van der Waals surface area contributed by atoms with Gasteiger partial charge in [-0.25, -0.2) is 0 Å². The van der Waals surface area contributed by atoms with Gasteiger partial charge in [-0.05, 0) is 30.2 Å². The van der Waals surface area contributed by atoms with E-state index in [9.17, 15) is 4.79 Å². The van der Waals surface area contributed by atoms with Crippen molar-refractivity contribution >= 4 is 28.2 Å². The van der Waals surface area contributed by atoms with E-state index in [2.05, 4.69) is 0 Å². The van der Waals surface area contributed by atoms with Crippen LogP contribution >= 0.6 is 11.6 Å². The summed E-state index contributed by atoms with van der Waals surface area (Å²) in [6.45, 7) is 0. The van der Waals surface area contributed by atoms with Crippen molar-refractivity contribution in [2.75, 3.05) is 0 Å². The topological polar surface area (TPSA) is 17.1 Å². The second kappa shape index (κ2) is 4.15. The van der Waals surface area contributed by atoms with Crippen molar-refractivity contribution in [3.8, 4) is 0 Å². The third-order valence-corrected chi connectivity index (χ3v) is 3.67.